The minimum absolute atomic E-state index is 0.427. The van der Waals surface area contributed by atoms with E-state index in [0.717, 1.165) is 19.3 Å². The highest BCUT2D eigenvalue weighted by Gasteiger charge is 2.14. The molecule has 0 aromatic carbocycles. The zero-order valence-electron chi connectivity index (χ0n) is 18.7. The molecular weight excluding hydrogens is 362 g/mol. The Bertz CT molecular complexity index is 461. The van der Waals surface area contributed by atoms with Crippen LogP contribution in [-0.4, -0.2) is 24.4 Å². The van der Waals surface area contributed by atoms with Gasteiger partial charge in [0.25, 0.3) is 5.91 Å². The summed E-state index contributed by atoms with van der Waals surface area (Å²) in [6.07, 6.45) is 24.9. The van der Waals surface area contributed by atoms with Crippen LogP contribution >= 0.6 is 0 Å². The van der Waals surface area contributed by atoms with Crippen molar-refractivity contribution in [2.24, 2.45) is 11.5 Å². The van der Waals surface area contributed by atoms with Gasteiger partial charge in [-0.3, -0.25) is 14.9 Å². The number of nitrogens with two attached hydrogens (primary N) is 2. The normalized spacial score (nSPS) is 12.7. The second kappa shape index (κ2) is 21.3. The van der Waals surface area contributed by atoms with Gasteiger partial charge in [-0.25, -0.2) is 0 Å². The lowest BCUT2D eigenvalue weighted by molar-refractivity contribution is -0.129. The molecule has 5 nitrogen and oxygen atoms in total. The third-order valence-corrected chi connectivity index (χ3v) is 5.02. The molecule has 0 aromatic rings. The number of hydrogen-bond acceptors (Lipinski definition) is 4. The van der Waals surface area contributed by atoms with Crippen LogP contribution in [-0.2, 0) is 9.59 Å². The van der Waals surface area contributed by atoms with Crippen molar-refractivity contribution in [2.45, 2.75) is 109 Å². The van der Waals surface area contributed by atoms with Gasteiger partial charge >= 0.3 is 0 Å². The number of rotatable bonds is 19. The Morgan fingerprint density at radius 2 is 1.41 bits per heavy atom. The maximum Gasteiger partial charge on any atom is 0.250 e. The summed E-state index contributed by atoms with van der Waals surface area (Å²) in [7, 11) is 0. The molecule has 0 aromatic heterocycles. The molecule has 0 rings (SSSR count). The summed E-state index contributed by atoms with van der Waals surface area (Å²) < 4.78 is 0. The van der Waals surface area contributed by atoms with Gasteiger partial charge in [-0.05, 0) is 32.2 Å². The molecule has 0 saturated carbocycles. The number of nitrogens with one attached hydrogen (secondary N) is 1. The molecule has 29 heavy (non-hydrogen) atoms. The Hall–Kier alpha value is -1.46. The molecule has 1 atom stereocenters. The molecule has 0 radical (unpaired) electrons. The van der Waals surface area contributed by atoms with Crippen LogP contribution in [0.4, 0.5) is 0 Å². The Labute approximate surface area is 178 Å². The van der Waals surface area contributed by atoms with E-state index in [-0.39, 0.29) is 0 Å². The van der Waals surface area contributed by atoms with E-state index in [1.54, 1.807) is 6.08 Å². The molecule has 0 aliphatic heterocycles. The minimum Gasteiger partial charge on any atom is -0.330 e. The number of allylic oxidation sites excluding steroid dienone is 3. The van der Waals surface area contributed by atoms with Crippen molar-refractivity contribution in [3.8, 4) is 0 Å². The van der Waals surface area contributed by atoms with Gasteiger partial charge in [-0.1, -0.05) is 95.8 Å². The van der Waals surface area contributed by atoms with Crippen molar-refractivity contribution in [1.82, 2.24) is 5.32 Å². The lowest BCUT2D eigenvalue weighted by Crippen LogP contribution is -2.42. The molecule has 168 valence electrons. The third kappa shape index (κ3) is 19.6. The van der Waals surface area contributed by atoms with Gasteiger partial charge in [0.15, 0.2) is 0 Å². The molecule has 0 spiro atoms. The molecular formula is C24H45N3O2. The van der Waals surface area contributed by atoms with E-state index in [1.807, 2.05) is 6.08 Å². The second-order valence-corrected chi connectivity index (χ2v) is 7.86. The number of hydrogen-bond donors (Lipinski definition) is 3. The standard InChI is InChI=1S/C24H45N3O2/c1-2-3-4-5-6-7-8-9-10-11-12-13-14-15-16-20-23(28)27-24(29)22(26)19-17-18-21-25/h14-16,20,22H,2-13,17-19,21,25-26H2,1H3,(H,27,28,29)/t22-/m0/s1. The highest BCUT2D eigenvalue weighted by Crippen LogP contribution is 2.12. The van der Waals surface area contributed by atoms with Gasteiger partial charge in [0.1, 0.15) is 0 Å². The maximum absolute atomic E-state index is 11.8. The summed E-state index contributed by atoms with van der Waals surface area (Å²) >= 11 is 0. The first-order valence-corrected chi connectivity index (χ1v) is 11.8. The second-order valence-electron chi connectivity index (χ2n) is 7.86. The van der Waals surface area contributed by atoms with Crippen molar-refractivity contribution in [2.75, 3.05) is 6.54 Å². The van der Waals surface area contributed by atoms with Crippen LogP contribution < -0.4 is 16.8 Å². The monoisotopic (exact) mass is 407 g/mol. The van der Waals surface area contributed by atoms with Crippen molar-refractivity contribution in [3.63, 3.8) is 0 Å². The summed E-state index contributed by atoms with van der Waals surface area (Å²) in [4.78, 5) is 23.5. The Morgan fingerprint density at radius 1 is 0.828 bits per heavy atom. The molecule has 5 heteroatoms. The van der Waals surface area contributed by atoms with Gasteiger partial charge in [-0.15, -0.1) is 0 Å². The van der Waals surface area contributed by atoms with E-state index in [4.69, 9.17) is 11.5 Å². The van der Waals surface area contributed by atoms with Gasteiger partial charge in [0, 0.05) is 6.08 Å². The van der Waals surface area contributed by atoms with Crippen molar-refractivity contribution in [3.05, 3.63) is 24.3 Å². The van der Waals surface area contributed by atoms with Crippen LogP contribution in [0, 0.1) is 0 Å². The Balaban J connectivity index is 3.58. The van der Waals surface area contributed by atoms with Gasteiger partial charge in [0.2, 0.25) is 5.91 Å². The predicted molar refractivity (Wildman–Crippen MR) is 123 cm³/mol. The smallest absolute Gasteiger partial charge is 0.250 e. The zero-order valence-corrected chi connectivity index (χ0v) is 18.7. The van der Waals surface area contributed by atoms with E-state index in [2.05, 4.69) is 18.3 Å². The van der Waals surface area contributed by atoms with E-state index >= 15 is 0 Å². The molecule has 5 N–H and O–H groups in total. The lowest BCUT2D eigenvalue weighted by Gasteiger charge is -2.09. The zero-order chi connectivity index (χ0) is 21.6. The molecule has 0 heterocycles. The largest absolute Gasteiger partial charge is 0.330 e. The maximum atomic E-state index is 11.8. The average Bonchev–Trinajstić information content (AvgIpc) is 2.70. The number of amides is 2. The summed E-state index contributed by atoms with van der Waals surface area (Å²) in [5.41, 5.74) is 11.2. The van der Waals surface area contributed by atoms with E-state index in [1.165, 1.54) is 76.7 Å². The summed E-state index contributed by atoms with van der Waals surface area (Å²) in [5, 5.41) is 2.30. The van der Waals surface area contributed by atoms with E-state index in [9.17, 15) is 9.59 Å². The Kier molecular flexibility index (Phi) is 20.2. The first-order chi connectivity index (χ1) is 14.1. The fraction of sp³-hybridized carbons (Fsp3) is 0.750. The highest BCUT2D eigenvalue weighted by atomic mass is 16.2. The van der Waals surface area contributed by atoms with Crippen LogP contribution in [0.2, 0.25) is 0 Å². The van der Waals surface area contributed by atoms with Gasteiger partial charge in [0.05, 0.1) is 6.04 Å². The lowest BCUT2D eigenvalue weighted by atomic mass is 10.1. The quantitative estimate of drug-likeness (QED) is 0.161. The SMILES string of the molecule is CCCCCCCCCCCCCC=CC=CC(=O)NC(=O)[C@@H](N)CCCCN. The van der Waals surface area contributed by atoms with Crippen molar-refractivity contribution >= 4 is 11.8 Å². The number of imide groups is 1. The first kappa shape index (κ1) is 27.5. The van der Waals surface area contributed by atoms with Crippen molar-refractivity contribution in [1.29, 1.82) is 0 Å². The molecule has 0 saturated heterocycles. The topological polar surface area (TPSA) is 98.2 Å². The van der Waals surface area contributed by atoms with Crippen LogP contribution in [0.5, 0.6) is 0 Å². The number of carbonyl (C=O) groups excluding carboxylic acids is 2. The molecule has 0 unspecified atom stereocenters. The molecule has 0 fully saturated rings. The fourth-order valence-corrected chi connectivity index (χ4v) is 3.14. The van der Waals surface area contributed by atoms with Crippen molar-refractivity contribution < 1.29 is 9.59 Å². The third-order valence-electron chi connectivity index (χ3n) is 5.02. The highest BCUT2D eigenvalue weighted by molar-refractivity contribution is 6.02. The molecule has 0 aliphatic carbocycles. The molecule has 0 bridgehead atoms. The fourth-order valence-electron chi connectivity index (χ4n) is 3.14. The summed E-state index contributed by atoms with van der Waals surface area (Å²) in [5.74, 6) is -0.856. The van der Waals surface area contributed by atoms with E-state index in [0.29, 0.717) is 13.0 Å². The molecule has 2 amide bonds. The Morgan fingerprint density at radius 3 is 2.00 bits per heavy atom. The van der Waals surface area contributed by atoms with Gasteiger partial charge in [-0.2, -0.15) is 0 Å². The van der Waals surface area contributed by atoms with Crippen LogP contribution in [0.3, 0.4) is 0 Å². The van der Waals surface area contributed by atoms with Crippen LogP contribution in [0.1, 0.15) is 103 Å². The average molecular weight is 408 g/mol. The predicted octanol–water partition coefficient (Wildman–Crippen LogP) is 4.90. The minimum atomic E-state index is -0.657. The summed E-state index contributed by atoms with van der Waals surface area (Å²) in [6, 6.07) is -0.657. The van der Waals surface area contributed by atoms with Gasteiger partial charge < -0.3 is 11.5 Å². The van der Waals surface area contributed by atoms with Crippen LogP contribution in [0.15, 0.2) is 24.3 Å². The first-order valence-electron chi connectivity index (χ1n) is 11.8. The van der Waals surface area contributed by atoms with E-state index < -0.39 is 17.9 Å². The van der Waals surface area contributed by atoms with Crippen LogP contribution in [0.25, 0.3) is 0 Å². The number of unbranched alkanes of at least 4 members (excludes halogenated alkanes) is 12. The number of carbonyl (C=O) groups is 2. The summed E-state index contributed by atoms with van der Waals surface area (Å²) in [6.45, 7) is 2.84. The molecule has 0 aliphatic rings.